The van der Waals surface area contributed by atoms with Crippen LogP contribution in [0.4, 0.5) is 0 Å². The normalized spacial score (nSPS) is 24.1. The molecule has 1 saturated heterocycles. The zero-order chi connectivity index (χ0) is 18.8. The van der Waals surface area contributed by atoms with Gasteiger partial charge in [-0.1, -0.05) is 48.0 Å². The smallest absolute Gasteiger partial charge is 0.105 e. The number of hydrogen-bond acceptors (Lipinski definition) is 2. The number of aromatic nitrogens is 1. The average Bonchev–Trinajstić information content (AvgIpc) is 3.06. The molecule has 1 unspecified atom stereocenters. The van der Waals surface area contributed by atoms with Crippen molar-refractivity contribution in [2.24, 2.45) is 0 Å². The summed E-state index contributed by atoms with van der Waals surface area (Å²) in [6, 6.07) is 18.2. The van der Waals surface area contributed by atoms with E-state index in [-0.39, 0.29) is 0 Å². The second kappa shape index (κ2) is 5.95. The van der Waals surface area contributed by atoms with Gasteiger partial charge in [-0.2, -0.15) is 0 Å². The van der Waals surface area contributed by atoms with Gasteiger partial charge in [0.15, 0.2) is 0 Å². The first-order valence-electron chi connectivity index (χ1n) is 10.1. The summed E-state index contributed by atoms with van der Waals surface area (Å²) in [7, 11) is 2.28. The lowest BCUT2D eigenvalue weighted by Gasteiger charge is -2.33. The zero-order valence-electron chi connectivity index (χ0n) is 16.4. The highest BCUT2D eigenvalue weighted by molar-refractivity contribution is 5.86. The van der Waals surface area contributed by atoms with Gasteiger partial charge < -0.3 is 9.67 Å². The van der Waals surface area contributed by atoms with E-state index >= 15 is 0 Å². The molecule has 0 amide bonds. The number of likely N-dealkylation sites (N-methyl/N-ethyl adjacent to an activating group) is 1. The number of hydrogen-bond donors (Lipinski definition) is 1. The van der Waals surface area contributed by atoms with Crippen LogP contribution in [0, 0.1) is 6.92 Å². The van der Waals surface area contributed by atoms with Crippen molar-refractivity contribution in [3.05, 3.63) is 70.9 Å². The van der Waals surface area contributed by atoms with Crippen LogP contribution in [0.15, 0.2) is 48.5 Å². The van der Waals surface area contributed by atoms with E-state index in [1.807, 2.05) is 6.92 Å². The molecule has 0 aliphatic carbocycles. The molecule has 2 aromatic carbocycles. The van der Waals surface area contributed by atoms with E-state index in [9.17, 15) is 5.11 Å². The molecular weight excluding hydrogens is 332 g/mol. The Bertz CT molecular complexity index is 999. The fourth-order valence-electron chi connectivity index (χ4n) is 5.30. The summed E-state index contributed by atoms with van der Waals surface area (Å²) in [6.07, 6.45) is 3.61. The van der Waals surface area contributed by atoms with Gasteiger partial charge in [0.1, 0.15) is 5.60 Å². The highest BCUT2D eigenvalue weighted by Crippen LogP contribution is 2.47. The fraction of sp³-hybridized carbons (Fsp3) is 0.417. The highest BCUT2D eigenvalue weighted by atomic mass is 16.3. The summed E-state index contributed by atoms with van der Waals surface area (Å²) in [5.41, 5.74) is 5.51. The van der Waals surface area contributed by atoms with E-state index < -0.39 is 5.60 Å². The van der Waals surface area contributed by atoms with Gasteiger partial charge in [-0.15, -0.1) is 0 Å². The Kier molecular flexibility index (Phi) is 3.75. The maximum atomic E-state index is 11.4. The minimum absolute atomic E-state index is 0.522. The Morgan fingerprint density at radius 1 is 1.07 bits per heavy atom. The quantitative estimate of drug-likeness (QED) is 0.742. The molecule has 1 aromatic heterocycles. The summed E-state index contributed by atoms with van der Waals surface area (Å²) < 4.78 is 2.41. The van der Waals surface area contributed by atoms with Crippen LogP contribution in [0.25, 0.3) is 10.9 Å². The average molecular weight is 361 g/mol. The summed E-state index contributed by atoms with van der Waals surface area (Å²) in [5, 5.41) is 12.7. The molecule has 3 heteroatoms. The maximum absolute atomic E-state index is 11.4. The molecule has 2 aliphatic heterocycles. The standard InChI is InChI=1S/C24H28N2O/c1-16-8-10-17(11-9-16)24(2,27)15-26-20-7-5-4-6-19(20)23-21-13-12-18(25(21)3)14-22(23)26/h4-11,18,21,27H,12-15H2,1-3H3/t18-,21+,24?/m1/s1. The van der Waals surface area contributed by atoms with Crippen LogP contribution in [-0.2, 0) is 18.6 Å². The minimum Gasteiger partial charge on any atom is -0.384 e. The lowest BCUT2D eigenvalue weighted by molar-refractivity contribution is 0.0382. The van der Waals surface area contributed by atoms with E-state index in [2.05, 4.69) is 72.0 Å². The van der Waals surface area contributed by atoms with Crippen LogP contribution in [0.3, 0.4) is 0 Å². The molecule has 2 bridgehead atoms. The van der Waals surface area contributed by atoms with Gasteiger partial charge in [0.2, 0.25) is 0 Å². The first-order valence-corrected chi connectivity index (χ1v) is 10.1. The number of aliphatic hydroxyl groups is 1. The molecule has 2 aliphatic rings. The SMILES string of the molecule is Cc1ccc(C(C)(O)Cn2c3c(c4ccccc42)[C@@H]2CC[C@H](C3)N2C)cc1. The van der Waals surface area contributed by atoms with Crippen molar-refractivity contribution >= 4 is 10.9 Å². The summed E-state index contributed by atoms with van der Waals surface area (Å²) in [5.74, 6) is 0. The van der Waals surface area contributed by atoms with Crippen molar-refractivity contribution in [3.8, 4) is 0 Å². The predicted molar refractivity (Wildman–Crippen MR) is 110 cm³/mol. The number of benzene rings is 2. The molecule has 1 fully saturated rings. The largest absolute Gasteiger partial charge is 0.384 e. The first kappa shape index (κ1) is 17.0. The molecule has 3 nitrogen and oxygen atoms in total. The Morgan fingerprint density at radius 2 is 1.81 bits per heavy atom. The lowest BCUT2D eigenvalue weighted by atomic mass is 9.94. The lowest BCUT2D eigenvalue weighted by Crippen LogP contribution is -2.36. The van der Waals surface area contributed by atoms with Crippen LogP contribution >= 0.6 is 0 Å². The third kappa shape index (κ3) is 2.56. The van der Waals surface area contributed by atoms with E-state index in [4.69, 9.17) is 0 Å². The van der Waals surface area contributed by atoms with Gasteiger partial charge in [0.05, 0.1) is 6.54 Å². The first-order chi connectivity index (χ1) is 13.0. The minimum atomic E-state index is -0.897. The van der Waals surface area contributed by atoms with Gasteiger partial charge >= 0.3 is 0 Å². The van der Waals surface area contributed by atoms with Crippen LogP contribution in [0.2, 0.25) is 0 Å². The van der Waals surface area contributed by atoms with E-state index in [1.165, 1.54) is 40.6 Å². The van der Waals surface area contributed by atoms with E-state index in [1.54, 1.807) is 0 Å². The Balaban J connectivity index is 1.64. The topological polar surface area (TPSA) is 28.4 Å². The van der Waals surface area contributed by atoms with Gasteiger partial charge in [0.25, 0.3) is 0 Å². The third-order valence-corrected chi connectivity index (χ3v) is 6.86. The van der Waals surface area contributed by atoms with Crippen molar-refractivity contribution in [3.63, 3.8) is 0 Å². The molecule has 27 heavy (non-hydrogen) atoms. The van der Waals surface area contributed by atoms with Crippen molar-refractivity contribution < 1.29 is 5.11 Å². The van der Waals surface area contributed by atoms with Crippen LogP contribution in [0.1, 0.15) is 48.2 Å². The molecule has 0 spiro atoms. The van der Waals surface area contributed by atoms with Gasteiger partial charge in [-0.25, -0.2) is 0 Å². The van der Waals surface area contributed by atoms with Gasteiger partial charge in [0, 0.05) is 35.1 Å². The molecule has 140 valence electrons. The maximum Gasteiger partial charge on any atom is 0.105 e. The molecule has 0 saturated carbocycles. The Labute approximate surface area is 161 Å². The molecular formula is C24H28N2O. The van der Waals surface area contributed by atoms with Gasteiger partial charge in [-0.05, 0) is 50.9 Å². The molecule has 3 atom stereocenters. The van der Waals surface area contributed by atoms with Crippen LogP contribution < -0.4 is 0 Å². The number of nitrogens with zero attached hydrogens (tertiary/aromatic N) is 2. The Hall–Kier alpha value is -2.10. The predicted octanol–water partition coefficient (Wildman–Crippen LogP) is 4.55. The molecule has 1 N–H and O–H groups in total. The highest BCUT2D eigenvalue weighted by Gasteiger charge is 2.41. The molecule has 3 heterocycles. The van der Waals surface area contributed by atoms with Crippen LogP contribution in [0.5, 0.6) is 0 Å². The van der Waals surface area contributed by atoms with Crippen molar-refractivity contribution in [2.75, 3.05) is 7.05 Å². The zero-order valence-corrected chi connectivity index (χ0v) is 16.4. The molecule has 0 radical (unpaired) electrons. The number of fused-ring (bicyclic) bond motifs is 6. The second-order valence-electron chi connectivity index (χ2n) is 8.72. The number of para-hydroxylation sites is 1. The molecule has 3 aromatic rings. The van der Waals surface area contributed by atoms with Crippen molar-refractivity contribution in [1.82, 2.24) is 9.47 Å². The third-order valence-electron chi connectivity index (χ3n) is 6.86. The van der Waals surface area contributed by atoms with Crippen molar-refractivity contribution in [1.29, 1.82) is 0 Å². The summed E-state index contributed by atoms with van der Waals surface area (Å²) >= 11 is 0. The van der Waals surface area contributed by atoms with Crippen LogP contribution in [-0.4, -0.2) is 27.7 Å². The number of aryl methyl sites for hydroxylation is 1. The van der Waals surface area contributed by atoms with E-state index in [0.717, 1.165) is 12.0 Å². The summed E-state index contributed by atoms with van der Waals surface area (Å²) in [6.45, 7) is 4.62. The fourth-order valence-corrected chi connectivity index (χ4v) is 5.30. The monoisotopic (exact) mass is 360 g/mol. The number of rotatable bonds is 3. The Morgan fingerprint density at radius 3 is 2.59 bits per heavy atom. The summed E-state index contributed by atoms with van der Waals surface area (Å²) in [4.78, 5) is 2.57. The van der Waals surface area contributed by atoms with Crippen molar-refractivity contribution in [2.45, 2.75) is 57.3 Å². The van der Waals surface area contributed by atoms with E-state index in [0.29, 0.717) is 18.6 Å². The second-order valence-corrected chi connectivity index (χ2v) is 8.72. The van der Waals surface area contributed by atoms with Gasteiger partial charge in [-0.3, -0.25) is 4.90 Å². The molecule has 5 rings (SSSR count).